The Morgan fingerprint density at radius 2 is 1.83 bits per heavy atom. The molecule has 2 N–H and O–H groups in total. The SMILES string of the molecule is CCC(C)CC(C)NC(=O)C1C(C(=O)O)C1(C)C. The summed E-state index contributed by atoms with van der Waals surface area (Å²) < 4.78 is 0. The van der Waals surface area contributed by atoms with Crippen LogP contribution in [0, 0.1) is 23.2 Å². The van der Waals surface area contributed by atoms with Crippen LogP contribution < -0.4 is 5.32 Å². The zero-order valence-corrected chi connectivity index (χ0v) is 12.0. The smallest absolute Gasteiger partial charge is 0.307 e. The fourth-order valence-electron chi connectivity index (χ4n) is 2.75. The van der Waals surface area contributed by atoms with E-state index in [1.807, 2.05) is 20.8 Å². The molecular weight excluding hydrogens is 230 g/mol. The summed E-state index contributed by atoms with van der Waals surface area (Å²) in [6.07, 6.45) is 2.03. The standard InChI is InChI=1S/C14H25NO3/c1-6-8(2)7-9(3)15-12(16)10-11(13(17)18)14(10,4)5/h8-11H,6-7H2,1-5H3,(H,15,16)(H,17,18). The van der Waals surface area contributed by atoms with Gasteiger partial charge in [0.1, 0.15) is 0 Å². The largest absolute Gasteiger partial charge is 0.481 e. The molecule has 104 valence electrons. The third-order valence-corrected chi connectivity index (χ3v) is 4.22. The minimum atomic E-state index is -0.866. The van der Waals surface area contributed by atoms with Gasteiger partial charge in [0, 0.05) is 6.04 Å². The van der Waals surface area contributed by atoms with Gasteiger partial charge >= 0.3 is 5.97 Å². The molecule has 18 heavy (non-hydrogen) atoms. The highest BCUT2D eigenvalue weighted by molar-refractivity contribution is 5.91. The number of carboxylic acids is 1. The number of carbonyl (C=O) groups excluding carboxylic acids is 1. The highest BCUT2D eigenvalue weighted by atomic mass is 16.4. The second-order valence-electron chi connectivity index (χ2n) is 6.27. The molecule has 4 atom stereocenters. The van der Waals surface area contributed by atoms with Gasteiger partial charge in [-0.25, -0.2) is 0 Å². The van der Waals surface area contributed by atoms with Crippen LogP contribution >= 0.6 is 0 Å². The molecule has 4 nitrogen and oxygen atoms in total. The van der Waals surface area contributed by atoms with E-state index >= 15 is 0 Å². The summed E-state index contributed by atoms with van der Waals surface area (Å²) in [4.78, 5) is 23.1. The van der Waals surface area contributed by atoms with E-state index in [4.69, 9.17) is 5.11 Å². The first-order valence-electron chi connectivity index (χ1n) is 6.75. The average molecular weight is 255 g/mol. The third kappa shape index (κ3) is 3.03. The van der Waals surface area contributed by atoms with Crippen LogP contribution in [-0.4, -0.2) is 23.0 Å². The quantitative estimate of drug-likeness (QED) is 0.765. The minimum absolute atomic E-state index is 0.108. The normalized spacial score (nSPS) is 28.3. The van der Waals surface area contributed by atoms with Crippen LogP contribution in [0.25, 0.3) is 0 Å². The fraction of sp³-hybridized carbons (Fsp3) is 0.857. The van der Waals surface area contributed by atoms with Gasteiger partial charge in [0.25, 0.3) is 0 Å². The molecule has 0 aromatic heterocycles. The zero-order chi connectivity index (χ0) is 14.1. The van der Waals surface area contributed by atoms with Crippen molar-refractivity contribution >= 4 is 11.9 Å². The van der Waals surface area contributed by atoms with Crippen molar-refractivity contribution in [1.29, 1.82) is 0 Å². The summed E-state index contributed by atoms with van der Waals surface area (Å²) in [6.45, 7) is 9.95. The van der Waals surface area contributed by atoms with E-state index in [2.05, 4.69) is 19.2 Å². The van der Waals surface area contributed by atoms with Gasteiger partial charge in [0.2, 0.25) is 5.91 Å². The molecule has 0 radical (unpaired) electrons. The first kappa shape index (κ1) is 15.0. The second-order valence-corrected chi connectivity index (χ2v) is 6.27. The molecule has 0 saturated heterocycles. The number of carbonyl (C=O) groups is 2. The van der Waals surface area contributed by atoms with E-state index in [0.29, 0.717) is 5.92 Å². The molecule has 0 aliphatic heterocycles. The number of carboxylic acid groups (broad SMARTS) is 1. The molecule has 0 aromatic carbocycles. The van der Waals surface area contributed by atoms with Crippen molar-refractivity contribution in [3.8, 4) is 0 Å². The molecule has 1 fully saturated rings. The Morgan fingerprint density at radius 1 is 1.28 bits per heavy atom. The Hall–Kier alpha value is -1.06. The number of aliphatic carboxylic acids is 1. The predicted molar refractivity (Wildman–Crippen MR) is 70.1 cm³/mol. The van der Waals surface area contributed by atoms with Crippen LogP contribution in [-0.2, 0) is 9.59 Å². The van der Waals surface area contributed by atoms with Crippen molar-refractivity contribution in [2.24, 2.45) is 23.2 Å². The Balaban J connectivity index is 2.50. The number of rotatable bonds is 6. The molecule has 4 unspecified atom stereocenters. The molecule has 4 heteroatoms. The van der Waals surface area contributed by atoms with Crippen LogP contribution in [0.1, 0.15) is 47.5 Å². The Morgan fingerprint density at radius 3 is 2.22 bits per heavy atom. The molecule has 0 spiro atoms. The summed E-state index contributed by atoms with van der Waals surface area (Å²) >= 11 is 0. The number of amides is 1. The molecule has 0 aromatic rings. The lowest BCUT2D eigenvalue weighted by Crippen LogP contribution is -2.36. The van der Waals surface area contributed by atoms with Gasteiger partial charge in [-0.2, -0.15) is 0 Å². The molecular formula is C14H25NO3. The molecule has 1 amide bonds. The highest BCUT2D eigenvalue weighted by Crippen LogP contribution is 2.58. The zero-order valence-electron chi connectivity index (χ0n) is 12.0. The molecule has 1 rings (SSSR count). The summed E-state index contributed by atoms with van der Waals surface area (Å²) in [5.41, 5.74) is -0.411. The second kappa shape index (κ2) is 5.29. The van der Waals surface area contributed by atoms with Gasteiger partial charge in [-0.05, 0) is 24.7 Å². The van der Waals surface area contributed by atoms with Gasteiger partial charge in [-0.3, -0.25) is 9.59 Å². The van der Waals surface area contributed by atoms with Crippen molar-refractivity contribution in [2.45, 2.75) is 53.5 Å². The lowest BCUT2D eigenvalue weighted by molar-refractivity contribution is -0.140. The summed E-state index contributed by atoms with van der Waals surface area (Å²) in [5, 5.41) is 12.0. The van der Waals surface area contributed by atoms with Crippen molar-refractivity contribution in [3.05, 3.63) is 0 Å². The van der Waals surface area contributed by atoms with Crippen molar-refractivity contribution < 1.29 is 14.7 Å². The first-order valence-corrected chi connectivity index (χ1v) is 6.75. The average Bonchev–Trinajstić information content (AvgIpc) is 2.81. The van der Waals surface area contributed by atoms with E-state index in [1.165, 1.54) is 0 Å². The maximum absolute atomic E-state index is 12.0. The van der Waals surface area contributed by atoms with Crippen LogP contribution in [0.2, 0.25) is 0 Å². The molecule has 1 saturated carbocycles. The van der Waals surface area contributed by atoms with E-state index in [1.54, 1.807) is 0 Å². The monoisotopic (exact) mass is 255 g/mol. The van der Waals surface area contributed by atoms with Crippen LogP contribution in [0.3, 0.4) is 0 Å². The third-order valence-electron chi connectivity index (χ3n) is 4.22. The fourth-order valence-corrected chi connectivity index (χ4v) is 2.75. The topological polar surface area (TPSA) is 66.4 Å². The molecule has 1 aliphatic rings. The number of hydrogen-bond donors (Lipinski definition) is 2. The summed E-state index contributed by atoms with van der Waals surface area (Å²) in [5.74, 6) is -1.32. The van der Waals surface area contributed by atoms with E-state index in [-0.39, 0.29) is 17.9 Å². The lowest BCUT2D eigenvalue weighted by Gasteiger charge is -2.17. The molecule has 0 bridgehead atoms. The van der Waals surface area contributed by atoms with Crippen molar-refractivity contribution in [3.63, 3.8) is 0 Å². The van der Waals surface area contributed by atoms with Gasteiger partial charge in [0.05, 0.1) is 11.8 Å². The summed E-state index contributed by atoms with van der Waals surface area (Å²) in [6, 6.07) is 0.110. The lowest BCUT2D eigenvalue weighted by atomic mass is 10.00. The minimum Gasteiger partial charge on any atom is -0.481 e. The molecule has 0 heterocycles. The number of hydrogen-bond acceptors (Lipinski definition) is 2. The van der Waals surface area contributed by atoms with Crippen LogP contribution in [0.15, 0.2) is 0 Å². The maximum Gasteiger partial charge on any atom is 0.307 e. The Labute approximate surface area is 109 Å². The van der Waals surface area contributed by atoms with Gasteiger partial charge in [0.15, 0.2) is 0 Å². The van der Waals surface area contributed by atoms with Crippen molar-refractivity contribution in [2.75, 3.05) is 0 Å². The van der Waals surface area contributed by atoms with Crippen LogP contribution in [0.4, 0.5) is 0 Å². The van der Waals surface area contributed by atoms with E-state index in [0.717, 1.165) is 12.8 Å². The number of nitrogens with one attached hydrogen (secondary N) is 1. The van der Waals surface area contributed by atoms with Gasteiger partial charge in [-0.15, -0.1) is 0 Å². The molecule has 1 aliphatic carbocycles. The van der Waals surface area contributed by atoms with Crippen molar-refractivity contribution in [1.82, 2.24) is 5.32 Å². The Kier molecular flexibility index (Phi) is 4.41. The highest BCUT2D eigenvalue weighted by Gasteiger charge is 2.65. The van der Waals surface area contributed by atoms with Gasteiger partial charge < -0.3 is 10.4 Å². The van der Waals surface area contributed by atoms with Crippen LogP contribution in [0.5, 0.6) is 0 Å². The maximum atomic E-state index is 12.0. The summed E-state index contributed by atoms with van der Waals surface area (Å²) in [7, 11) is 0. The van der Waals surface area contributed by atoms with E-state index < -0.39 is 17.3 Å². The first-order chi connectivity index (χ1) is 8.21. The van der Waals surface area contributed by atoms with E-state index in [9.17, 15) is 9.59 Å². The van der Waals surface area contributed by atoms with Gasteiger partial charge in [-0.1, -0.05) is 34.1 Å². The Bertz CT molecular complexity index is 338. The predicted octanol–water partition coefficient (Wildman–Crippen LogP) is 2.28.